The Morgan fingerprint density at radius 2 is 1.55 bits per heavy atom. The minimum atomic E-state index is -0.490. The topological polar surface area (TPSA) is 105 Å². The van der Waals surface area contributed by atoms with Crippen molar-refractivity contribution in [1.82, 2.24) is 0 Å². The summed E-state index contributed by atoms with van der Waals surface area (Å²) in [6.45, 7) is 11.3. The molecule has 0 spiro atoms. The Hall–Kier alpha value is -1.67. The molecule has 194 valence electrons. The van der Waals surface area contributed by atoms with Crippen LogP contribution in [0.4, 0.5) is 0 Å². The molecule has 1 aromatic carbocycles. The van der Waals surface area contributed by atoms with Crippen LogP contribution in [0.25, 0.3) is 0 Å². The van der Waals surface area contributed by atoms with Crippen molar-refractivity contribution in [3.8, 4) is 11.5 Å². The smallest absolute Gasteiger partial charge is 0.164 e. The fourth-order valence-electron chi connectivity index (χ4n) is 3.10. The van der Waals surface area contributed by atoms with Crippen molar-refractivity contribution in [3.63, 3.8) is 0 Å². The molecular formula is C26H48O7. The van der Waals surface area contributed by atoms with E-state index in [0.29, 0.717) is 17.7 Å². The molecule has 0 saturated heterocycles. The summed E-state index contributed by atoms with van der Waals surface area (Å²) in [5.74, 6) is 0.469. The van der Waals surface area contributed by atoms with Crippen LogP contribution in [0.15, 0.2) is 12.1 Å². The molecule has 0 fully saturated rings. The van der Waals surface area contributed by atoms with Gasteiger partial charge in [-0.15, -0.1) is 0 Å². The molecule has 0 amide bonds. The van der Waals surface area contributed by atoms with Gasteiger partial charge in [-0.05, 0) is 45.7 Å². The van der Waals surface area contributed by atoms with Gasteiger partial charge in [0, 0.05) is 24.3 Å². The number of benzene rings is 1. The van der Waals surface area contributed by atoms with E-state index in [0.717, 1.165) is 37.9 Å². The zero-order valence-electron chi connectivity index (χ0n) is 21.6. The second kappa shape index (κ2) is 23.5. The SMILES string of the molecule is CCCCCCCCC(O)CO.CCOC(C)OCC.CCc1c(C=O)ccc(O)c1OC. The number of aliphatic hydroxyl groups is 2. The maximum absolute atomic E-state index is 10.6. The van der Waals surface area contributed by atoms with Crippen molar-refractivity contribution in [2.45, 2.75) is 98.4 Å². The summed E-state index contributed by atoms with van der Waals surface area (Å²) in [5.41, 5.74) is 1.31. The van der Waals surface area contributed by atoms with Crippen LogP contribution in [0.1, 0.15) is 95.5 Å². The fraction of sp³-hybridized carbons (Fsp3) is 0.731. The number of hydrogen-bond acceptors (Lipinski definition) is 7. The van der Waals surface area contributed by atoms with Crippen LogP contribution in [0, 0.1) is 0 Å². The standard InChI is InChI=1S/C10H12O3.C10H22O2.C6H14O2/c1-3-8-7(6-11)4-5-9(12)10(8)13-2;1-2-3-4-5-6-7-8-10(12)9-11;1-4-7-6(3)8-5-2/h4-6,12H,3H2,1-2H3;10-12H,2-9H2,1H3;6H,4-5H2,1-3H3. The van der Waals surface area contributed by atoms with E-state index in [9.17, 15) is 9.90 Å². The Bertz CT molecular complexity index is 572. The molecule has 0 bridgehead atoms. The average molecular weight is 473 g/mol. The van der Waals surface area contributed by atoms with E-state index in [1.165, 1.54) is 45.3 Å². The molecule has 0 heterocycles. The number of carbonyl (C=O) groups is 1. The molecular weight excluding hydrogens is 424 g/mol. The molecule has 7 nitrogen and oxygen atoms in total. The third-order valence-corrected chi connectivity index (χ3v) is 4.86. The summed E-state index contributed by atoms with van der Waals surface area (Å²) in [4.78, 5) is 10.6. The van der Waals surface area contributed by atoms with Gasteiger partial charge in [0.2, 0.25) is 0 Å². The zero-order chi connectivity index (χ0) is 25.5. The summed E-state index contributed by atoms with van der Waals surface area (Å²) in [6, 6.07) is 3.05. The first-order chi connectivity index (χ1) is 15.9. The van der Waals surface area contributed by atoms with Crippen LogP contribution < -0.4 is 4.74 Å². The number of hydrogen-bond donors (Lipinski definition) is 3. The maximum atomic E-state index is 10.6. The fourth-order valence-corrected chi connectivity index (χ4v) is 3.10. The van der Waals surface area contributed by atoms with Crippen LogP contribution in [0.2, 0.25) is 0 Å². The van der Waals surface area contributed by atoms with Crippen molar-refractivity contribution in [2.24, 2.45) is 0 Å². The van der Waals surface area contributed by atoms with Crippen molar-refractivity contribution >= 4 is 6.29 Å². The maximum Gasteiger partial charge on any atom is 0.164 e. The van der Waals surface area contributed by atoms with E-state index in [4.69, 9.17) is 24.4 Å². The average Bonchev–Trinajstić information content (AvgIpc) is 2.82. The molecule has 7 heteroatoms. The lowest BCUT2D eigenvalue weighted by Crippen LogP contribution is -2.11. The van der Waals surface area contributed by atoms with Crippen LogP contribution in [-0.2, 0) is 15.9 Å². The number of methoxy groups -OCH3 is 1. The normalized spacial score (nSPS) is 11.2. The lowest BCUT2D eigenvalue weighted by molar-refractivity contribution is -0.123. The van der Waals surface area contributed by atoms with Crippen molar-refractivity contribution < 1.29 is 34.3 Å². The van der Waals surface area contributed by atoms with Gasteiger partial charge in [0.1, 0.15) is 6.29 Å². The Morgan fingerprint density at radius 1 is 0.970 bits per heavy atom. The molecule has 0 radical (unpaired) electrons. The highest BCUT2D eigenvalue weighted by atomic mass is 16.7. The number of aromatic hydroxyl groups is 1. The van der Waals surface area contributed by atoms with Gasteiger partial charge in [-0.1, -0.05) is 52.4 Å². The van der Waals surface area contributed by atoms with Gasteiger partial charge in [0.15, 0.2) is 17.8 Å². The summed E-state index contributed by atoms with van der Waals surface area (Å²) in [5, 5.41) is 26.9. The number of ether oxygens (including phenoxy) is 3. The first kappa shape index (κ1) is 33.5. The van der Waals surface area contributed by atoms with E-state index in [1.807, 2.05) is 27.7 Å². The Labute approximate surface area is 201 Å². The molecule has 1 rings (SSSR count). The molecule has 0 aliphatic heterocycles. The van der Waals surface area contributed by atoms with Crippen molar-refractivity contribution in [1.29, 1.82) is 0 Å². The minimum Gasteiger partial charge on any atom is -0.504 e. The first-order valence-corrected chi connectivity index (χ1v) is 12.2. The highest BCUT2D eigenvalue weighted by Gasteiger charge is 2.11. The number of unbranched alkanes of at least 4 members (excludes halogenated alkanes) is 5. The Morgan fingerprint density at radius 3 is 2.00 bits per heavy atom. The van der Waals surface area contributed by atoms with Gasteiger partial charge in [0.25, 0.3) is 0 Å². The van der Waals surface area contributed by atoms with Crippen LogP contribution in [0.3, 0.4) is 0 Å². The largest absolute Gasteiger partial charge is 0.504 e. The second-order valence-corrected chi connectivity index (χ2v) is 7.53. The molecule has 0 saturated carbocycles. The zero-order valence-corrected chi connectivity index (χ0v) is 21.6. The number of phenolic OH excluding ortho intramolecular Hbond substituents is 1. The van der Waals surface area contributed by atoms with E-state index in [2.05, 4.69) is 6.92 Å². The lowest BCUT2D eigenvalue weighted by atomic mass is 10.0. The van der Waals surface area contributed by atoms with E-state index in [1.54, 1.807) is 6.07 Å². The summed E-state index contributed by atoms with van der Waals surface area (Å²) in [7, 11) is 1.47. The summed E-state index contributed by atoms with van der Waals surface area (Å²) < 4.78 is 15.1. The molecule has 33 heavy (non-hydrogen) atoms. The predicted molar refractivity (Wildman–Crippen MR) is 133 cm³/mol. The highest BCUT2D eigenvalue weighted by Crippen LogP contribution is 2.32. The second-order valence-electron chi connectivity index (χ2n) is 7.53. The number of aliphatic hydroxyl groups excluding tert-OH is 2. The predicted octanol–water partition coefficient (Wildman–Crippen LogP) is 5.27. The van der Waals surface area contributed by atoms with Gasteiger partial charge < -0.3 is 29.5 Å². The molecule has 0 aromatic heterocycles. The van der Waals surface area contributed by atoms with E-state index >= 15 is 0 Å². The molecule has 3 N–H and O–H groups in total. The number of rotatable bonds is 15. The van der Waals surface area contributed by atoms with Gasteiger partial charge in [-0.3, -0.25) is 4.79 Å². The quantitative estimate of drug-likeness (QED) is 0.181. The summed E-state index contributed by atoms with van der Waals surface area (Å²) >= 11 is 0. The van der Waals surface area contributed by atoms with Gasteiger partial charge in [-0.25, -0.2) is 0 Å². The Balaban J connectivity index is 0. The van der Waals surface area contributed by atoms with E-state index in [-0.39, 0.29) is 18.6 Å². The Kier molecular flexibility index (Phi) is 23.8. The van der Waals surface area contributed by atoms with Crippen LogP contribution >= 0.6 is 0 Å². The lowest BCUT2D eigenvalue weighted by Gasteiger charge is -2.10. The van der Waals surface area contributed by atoms with E-state index < -0.39 is 6.10 Å². The van der Waals surface area contributed by atoms with Crippen molar-refractivity contribution in [3.05, 3.63) is 23.3 Å². The highest BCUT2D eigenvalue weighted by molar-refractivity contribution is 5.79. The molecule has 1 aromatic rings. The molecule has 0 aliphatic rings. The minimum absolute atomic E-state index is 0.0370. The monoisotopic (exact) mass is 472 g/mol. The molecule has 1 atom stereocenters. The van der Waals surface area contributed by atoms with Gasteiger partial charge in [0.05, 0.1) is 19.8 Å². The third kappa shape index (κ3) is 17.5. The van der Waals surface area contributed by atoms with Gasteiger partial charge >= 0.3 is 0 Å². The molecule has 0 aliphatic carbocycles. The van der Waals surface area contributed by atoms with Crippen molar-refractivity contribution in [2.75, 3.05) is 26.9 Å². The first-order valence-electron chi connectivity index (χ1n) is 12.2. The summed E-state index contributed by atoms with van der Waals surface area (Å²) in [6.07, 6.45) is 9.07. The molecule has 1 unspecified atom stereocenters. The number of phenols is 1. The van der Waals surface area contributed by atoms with Crippen LogP contribution in [0.5, 0.6) is 11.5 Å². The number of aldehydes is 1. The van der Waals surface area contributed by atoms with Gasteiger partial charge in [-0.2, -0.15) is 0 Å². The number of carbonyl (C=O) groups excluding carboxylic acids is 1. The third-order valence-electron chi connectivity index (χ3n) is 4.86. The van der Waals surface area contributed by atoms with Crippen LogP contribution in [-0.4, -0.2) is 60.9 Å².